The van der Waals surface area contributed by atoms with E-state index in [1.807, 2.05) is 0 Å². The molecule has 0 saturated heterocycles. The fourth-order valence-corrected chi connectivity index (χ4v) is 0.943. The SMILES string of the molecule is CCCCCNNC(=O)OCCCC. The molecule has 0 aromatic heterocycles. The molecule has 0 radical (unpaired) electrons. The maximum atomic E-state index is 11.0. The molecule has 0 fully saturated rings. The lowest BCUT2D eigenvalue weighted by Gasteiger charge is -2.07. The van der Waals surface area contributed by atoms with E-state index in [9.17, 15) is 4.79 Å². The number of hydrogen-bond acceptors (Lipinski definition) is 3. The Labute approximate surface area is 86.4 Å². The Morgan fingerprint density at radius 2 is 1.86 bits per heavy atom. The first-order valence-corrected chi connectivity index (χ1v) is 5.46. The van der Waals surface area contributed by atoms with Crippen molar-refractivity contribution in [3.8, 4) is 0 Å². The molecule has 2 N–H and O–H groups in total. The zero-order chi connectivity index (χ0) is 10.6. The second-order valence-corrected chi connectivity index (χ2v) is 3.25. The maximum Gasteiger partial charge on any atom is 0.421 e. The van der Waals surface area contributed by atoms with Crippen LogP contribution in [0.4, 0.5) is 4.79 Å². The molecule has 4 nitrogen and oxygen atoms in total. The minimum absolute atomic E-state index is 0.380. The average Bonchev–Trinajstić information content (AvgIpc) is 2.18. The third-order valence-corrected chi connectivity index (χ3v) is 1.83. The van der Waals surface area contributed by atoms with Gasteiger partial charge >= 0.3 is 6.09 Å². The lowest BCUT2D eigenvalue weighted by Crippen LogP contribution is -2.38. The molecule has 0 rings (SSSR count). The van der Waals surface area contributed by atoms with Crippen LogP contribution >= 0.6 is 0 Å². The Hall–Kier alpha value is -0.770. The van der Waals surface area contributed by atoms with Crippen LogP contribution < -0.4 is 10.9 Å². The highest BCUT2D eigenvalue weighted by Crippen LogP contribution is 1.90. The molecule has 0 unspecified atom stereocenters. The van der Waals surface area contributed by atoms with Gasteiger partial charge in [0.25, 0.3) is 0 Å². The zero-order valence-electron chi connectivity index (χ0n) is 9.27. The summed E-state index contributed by atoms with van der Waals surface area (Å²) in [6.45, 7) is 5.51. The topological polar surface area (TPSA) is 50.4 Å². The molecule has 4 heteroatoms. The Bertz CT molecular complexity index is 140. The van der Waals surface area contributed by atoms with Crippen molar-refractivity contribution in [3.05, 3.63) is 0 Å². The van der Waals surface area contributed by atoms with Gasteiger partial charge in [-0.3, -0.25) is 5.43 Å². The zero-order valence-corrected chi connectivity index (χ0v) is 9.27. The molecule has 0 bridgehead atoms. The summed E-state index contributed by atoms with van der Waals surface area (Å²) in [6.07, 6.45) is 5.02. The van der Waals surface area contributed by atoms with Crippen molar-refractivity contribution in [1.29, 1.82) is 0 Å². The van der Waals surface area contributed by atoms with Gasteiger partial charge in [0, 0.05) is 6.54 Å². The van der Waals surface area contributed by atoms with Crippen LogP contribution in [0.3, 0.4) is 0 Å². The minimum atomic E-state index is -0.380. The summed E-state index contributed by atoms with van der Waals surface area (Å²) in [6, 6.07) is 0. The van der Waals surface area contributed by atoms with E-state index >= 15 is 0 Å². The third-order valence-electron chi connectivity index (χ3n) is 1.83. The standard InChI is InChI=1S/C10H22N2O2/c1-3-5-7-8-11-12-10(13)14-9-6-4-2/h11H,3-9H2,1-2H3,(H,12,13). The van der Waals surface area contributed by atoms with E-state index in [1.54, 1.807) is 0 Å². The lowest BCUT2D eigenvalue weighted by atomic mass is 10.2. The predicted molar refractivity (Wildman–Crippen MR) is 56.9 cm³/mol. The largest absolute Gasteiger partial charge is 0.449 e. The summed E-state index contributed by atoms with van der Waals surface area (Å²) in [4.78, 5) is 11.0. The van der Waals surface area contributed by atoms with Crippen LogP contribution in [0.5, 0.6) is 0 Å². The van der Waals surface area contributed by atoms with Gasteiger partial charge < -0.3 is 4.74 Å². The first-order chi connectivity index (χ1) is 6.81. The van der Waals surface area contributed by atoms with Crippen molar-refractivity contribution in [2.24, 2.45) is 0 Å². The van der Waals surface area contributed by atoms with Gasteiger partial charge in [-0.25, -0.2) is 10.2 Å². The van der Waals surface area contributed by atoms with E-state index in [2.05, 4.69) is 24.7 Å². The molecule has 0 aliphatic heterocycles. The van der Waals surface area contributed by atoms with E-state index in [1.165, 1.54) is 12.8 Å². The highest BCUT2D eigenvalue weighted by atomic mass is 16.6. The predicted octanol–water partition coefficient (Wildman–Crippen LogP) is 2.21. The van der Waals surface area contributed by atoms with Crippen LogP contribution in [0, 0.1) is 0 Å². The van der Waals surface area contributed by atoms with E-state index < -0.39 is 0 Å². The molecule has 14 heavy (non-hydrogen) atoms. The van der Waals surface area contributed by atoms with Crippen molar-refractivity contribution in [2.75, 3.05) is 13.2 Å². The first-order valence-electron chi connectivity index (χ1n) is 5.46. The Morgan fingerprint density at radius 3 is 2.50 bits per heavy atom. The summed E-state index contributed by atoms with van der Waals surface area (Å²) in [5, 5.41) is 0. The number of unbranched alkanes of at least 4 members (excludes halogenated alkanes) is 3. The molecular weight excluding hydrogens is 180 g/mol. The Morgan fingerprint density at radius 1 is 1.14 bits per heavy atom. The molecule has 0 saturated carbocycles. The van der Waals surface area contributed by atoms with Gasteiger partial charge in [0.1, 0.15) is 0 Å². The molecule has 0 atom stereocenters. The van der Waals surface area contributed by atoms with Gasteiger partial charge in [0.05, 0.1) is 6.61 Å². The van der Waals surface area contributed by atoms with Crippen LogP contribution in [-0.4, -0.2) is 19.2 Å². The van der Waals surface area contributed by atoms with Crippen LogP contribution in [0.25, 0.3) is 0 Å². The van der Waals surface area contributed by atoms with Crippen LogP contribution in [-0.2, 0) is 4.74 Å². The summed E-state index contributed by atoms with van der Waals surface area (Å²) in [5.74, 6) is 0. The van der Waals surface area contributed by atoms with Gasteiger partial charge in [-0.05, 0) is 12.8 Å². The molecule has 84 valence electrons. The minimum Gasteiger partial charge on any atom is -0.449 e. The maximum absolute atomic E-state index is 11.0. The van der Waals surface area contributed by atoms with Gasteiger partial charge in [0.15, 0.2) is 0 Å². The number of ether oxygens (including phenoxy) is 1. The molecule has 0 aromatic rings. The third kappa shape index (κ3) is 9.32. The number of carbonyl (C=O) groups excluding carboxylic acids is 1. The lowest BCUT2D eigenvalue weighted by molar-refractivity contribution is 0.139. The monoisotopic (exact) mass is 202 g/mol. The summed E-state index contributed by atoms with van der Waals surface area (Å²) < 4.78 is 4.88. The number of amides is 1. The first kappa shape index (κ1) is 13.2. The van der Waals surface area contributed by atoms with Gasteiger partial charge in [-0.2, -0.15) is 0 Å². The quantitative estimate of drug-likeness (QED) is 0.468. The second-order valence-electron chi connectivity index (χ2n) is 3.25. The number of hydrogen-bond donors (Lipinski definition) is 2. The van der Waals surface area contributed by atoms with Gasteiger partial charge in [0.2, 0.25) is 0 Å². The molecule has 0 aromatic carbocycles. The number of nitrogens with one attached hydrogen (secondary N) is 2. The summed E-state index contributed by atoms with van der Waals surface area (Å²) in [7, 11) is 0. The molecule has 1 amide bonds. The van der Waals surface area contributed by atoms with Crippen LogP contribution in [0.1, 0.15) is 46.0 Å². The molecule has 0 spiro atoms. The average molecular weight is 202 g/mol. The van der Waals surface area contributed by atoms with Crippen molar-refractivity contribution in [1.82, 2.24) is 10.9 Å². The molecular formula is C10H22N2O2. The Kier molecular flexibility index (Phi) is 9.74. The fraction of sp³-hybridized carbons (Fsp3) is 0.900. The van der Waals surface area contributed by atoms with Crippen LogP contribution in [0.2, 0.25) is 0 Å². The fourth-order valence-electron chi connectivity index (χ4n) is 0.943. The van der Waals surface area contributed by atoms with Crippen LogP contribution in [0.15, 0.2) is 0 Å². The highest BCUT2D eigenvalue weighted by Gasteiger charge is 1.98. The van der Waals surface area contributed by atoms with E-state index in [-0.39, 0.29) is 6.09 Å². The smallest absolute Gasteiger partial charge is 0.421 e. The molecule has 0 aliphatic carbocycles. The number of carbonyl (C=O) groups is 1. The molecule has 0 heterocycles. The van der Waals surface area contributed by atoms with E-state index in [4.69, 9.17) is 4.74 Å². The van der Waals surface area contributed by atoms with E-state index in [0.29, 0.717) is 6.61 Å². The molecule has 0 aliphatic rings. The second kappa shape index (κ2) is 10.3. The normalized spacial score (nSPS) is 9.86. The van der Waals surface area contributed by atoms with Gasteiger partial charge in [-0.15, -0.1) is 0 Å². The van der Waals surface area contributed by atoms with Crippen molar-refractivity contribution in [3.63, 3.8) is 0 Å². The summed E-state index contributed by atoms with van der Waals surface area (Å²) >= 11 is 0. The number of hydrazine groups is 1. The van der Waals surface area contributed by atoms with Crippen molar-refractivity contribution < 1.29 is 9.53 Å². The highest BCUT2D eigenvalue weighted by molar-refractivity contribution is 5.66. The summed E-state index contributed by atoms with van der Waals surface area (Å²) in [5.41, 5.74) is 5.31. The van der Waals surface area contributed by atoms with Crippen molar-refractivity contribution >= 4 is 6.09 Å². The Balaban J connectivity index is 3.10. The van der Waals surface area contributed by atoms with E-state index in [0.717, 1.165) is 25.8 Å². The van der Waals surface area contributed by atoms with Gasteiger partial charge in [-0.1, -0.05) is 33.1 Å². The van der Waals surface area contributed by atoms with Crippen molar-refractivity contribution in [2.45, 2.75) is 46.0 Å². The number of rotatable bonds is 8.